The molecule has 3 aromatic rings. The minimum absolute atomic E-state index is 0.0895. The van der Waals surface area contributed by atoms with Crippen LogP contribution in [0.15, 0.2) is 59.4 Å². The summed E-state index contributed by atoms with van der Waals surface area (Å²) in [5.74, 6) is -0.557. The molecular weight excluding hydrogens is 330 g/mol. The van der Waals surface area contributed by atoms with E-state index in [0.717, 1.165) is 16.5 Å². The summed E-state index contributed by atoms with van der Waals surface area (Å²) in [7, 11) is 0. The quantitative estimate of drug-likeness (QED) is 0.657. The highest BCUT2D eigenvalue weighted by Gasteiger charge is 2.07. The molecule has 132 valence electrons. The third-order valence-corrected chi connectivity index (χ3v) is 4.03. The molecule has 1 aromatic heterocycles. The van der Waals surface area contributed by atoms with Crippen LogP contribution in [0.2, 0.25) is 0 Å². The predicted octanol–water partition coefficient (Wildman–Crippen LogP) is 1.88. The van der Waals surface area contributed by atoms with E-state index in [4.69, 9.17) is 0 Å². The number of hydrogen-bond donors (Lipinski definition) is 3. The summed E-state index contributed by atoms with van der Waals surface area (Å²) in [5, 5.41) is 6.27. The SMILES string of the molecule is Cc1cc2cc(CNC(=O)CNC(=O)c3ccccc3)ccc2[nH]c1=O. The van der Waals surface area contributed by atoms with Gasteiger partial charge in [-0.15, -0.1) is 0 Å². The maximum absolute atomic E-state index is 11.9. The molecule has 0 aliphatic heterocycles. The predicted molar refractivity (Wildman–Crippen MR) is 99.9 cm³/mol. The fourth-order valence-corrected chi connectivity index (χ4v) is 2.59. The number of rotatable bonds is 5. The molecule has 2 amide bonds. The Labute approximate surface area is 150 Å². The topological polar surface area (TPSA) is 91.1 Å². The Balaban J connectivity index is 1.56. The van der Waals surface area contributed by atoms with Crippen LogP contribution < -0.4 is 16.2 Å². The lowest BCUT2D eigenvalue weighted by atomic mass is 10.1. The molecule has 0 aliphatic carbocycles. The Morgan fingerprint density at radius 3 is 2.54 bits per heavy atom. The molecule has 6 heteroatoms. The zero-order valence-corrected chi connectivity index (χ0v) is 14.3. The molecule has 0 saturated heterocycles. The third-order valence-electron chi connectivity index (χ3n) is 4.03. The number of hydrogen-bond acceptors (Lipinski definition) is 3. The molecule has 2 aromatic carbocycles. The summed E-state index contributed by atoms with van der Waals surface area (Å²) in [6.45, 7) is 2.00. The van der Waals surface area contributed by atoms with E-state index in [-0.39, 0.29) is 23.9 Å². The van der Waals surface area contributed by atoms with Gasteiger partial charge in [0.15, 0.2) is 0 Å². The second-order valence-electron chi connectivity index (χ2n) is 6.03. The van der Waals surface area contributed by atoms with Crippen LogP contribution in [0.3, 0.4) is 0 Å². The van der Waals surface area contributed by atoms with Gasteiger partial charge in [0.2, 0.25) is 5.91 Å². The van der Waals surface area contributed by atoms with Crippen molar-refractivity contribution in [3.8, 4) is 0 Å². The molecule has 0 spiro atoms. The Morgan fingerprint density at radius 2 is 1.77 bits per heavy atom. The summed E-state index contributed by atoms with van der Waals surface area (Å²) in [5.41, 5.74) is 2.71. The first kappa shape index (κ1) is 17.4. The Kier molecular flexibility index (Phi) is 5.12. The zero-order valence-electron chi connectivity index (χ0n) is 14.3. The van der Waals surface area contributed by atoms with E-state index in [2.05, 4.69) is 15.6 Å². The van der Waals surface area contributed by atoms with Crippen molar-refractivity contribution in [1.29, 1.82) is 0 Å². The molecule has 3 N–H and O–H groups in total. The lowest BCUT2D eigenvalue weighted by molar-refractivity contribution is -0.120. The maximum atomic E-state index is 11.9. The molecule has 0 aliphatic rings. The van der Waals surface area contributed by atoms with Crippen LogP contribution in [-0.2, 0) is 11.3 Å². The van der Waals surface area contributed by atoms with E-state index in [0.29, 0.717) is 17.7 Å². The summed E-state index contributed by atoms with van der Waals surface area (Å²) >= 11 is 0. The van der Waals surface area contributed by atoms with Crippen LogP contribution in [-0.4, -0.2) is 23.3 Å². The molecule has 0 atom stereocenters. The lowest BCUT2D eigenvalue weighted by Crippen LogP contribution is -2.36. The lowest BCUT2D eigenvalue weighted by Gasteiger charge is -2.08. The standard InChI is InChI=1S/C20H19N3O3/c1-13-9-16-10-14(7-8-17(16)23-19(13)25)11-21-18(24)12-22-20(26)15-5-3-2-4-6-15/h2-10H,11-12H2,1H3,(H,21,24)(H,22,26)(H,23,25). The van der Waals surface area contributed by atoms with Crippen LogP contribution in [0, 0.1) is 6.92 Å². The molecule has 6 nitrogen and oxygen atoms in total. The Morgan fingerprint density at radius 1 is 1.00 bits per heavy atom. The first-order valence-electron chi connectivity index (χ1n) is 8.25. The van der Waals surface area contributed by atoms with Gasteiger partial charge >= 0.3 is 0 Å². The monoisotopic (exact) mass is 349 g/mol. The highest BCUT2D eigenvalue weighted by Crippen LogP contribution is 2.13. The highest BCUT2D eigenvalue weighted by atomic mass is 16.2. The van der Waals surface area contributed by atoms with E-state index >= 15 is 0 Å². The van der Waals surface area contributed by atoms with Crippen molar-refractivity contribution in [2.75, 3.05) is 6.54 Å². The van der Waals surface area contributed by atoms with Gasteiger partial charge in [-0.25, -0.2) is 0 Å². The zero-order chi connectivity index (χ0) is 18.5. The molecule has 0 radical (unpaired) electrons. The van der Waals surface area contributed by atoms with E-state index in [1.54, 1.807) is 31.2 Å². The Bertz CT molecular complexity index is 1010. The normalized spacial score (nSPS) is 10.5. The second kappa shape index (κ2) is 7.65. The van der Waals surface area contributed by atoms with E-state index in [1.807, 2.05) is 30.3 Å². The van der Waals surface area contributed by atoms with Crippen molar-refractivity contribution in [1.82, 2.24) is 15.6 Å². The number of H-pyrrole nitrogens is 1. The first-order valence-corrected chi connectivity index (χ1v) is 8.25. The molecule has 3 rings (SSSR count). The fourth-order valence-electron chi connectivity index (χ4n) is 2.59. The van der Waals surface area contributed by atoms with Crippen molar-refractivity contribution >= 4 is 22.7 Å². The minimum atomic E-state index is -0.286. The number of fused-ring (bicyclic) bond motifs is 1. The summed E-state index contributed by atoms with van der Waals surface area (Å²) in [4.78, 5) is 38.3. The number of aromatic nitrogens is 1. The molecule has 1 heterocycles. The van der Waals surface area contributed by atoms with Gasteiger partial charge in [-0.3, -0.25) is 14.4 Å². The molecule has 0 saturated carbocycles. The van der Waals surface area contributed by atoms with Gasteiger partial charge in [-0.05, 0) is 48.2 Å². The number of amides is 2. The molecule has 0 unspecified atom stereocenters. The average Bonchev–Trinajstić information content (AvgIpc) is 2.66. The largest absolute Gasteiger partial charge is 0.350 e. The van der Waals surface area contributed by atoms with Gasteiger partial charge in [0.05, 0.1) is 6.54 Å². The van der Waals surface area contributed by atoms with E-state index < -0.39 is 0 Å². The molecular formula is C20H19N3O3. The van der Waals surface area contributed by atoms with Crippen LogP contribution in [0.25, 0.3) is 10.9 Å². The number of aromatic amines is 1. The van der Waals surface area contributed by atoms with Gasteiger partial charge in [0.1, 0.15) is 0 Å². The van der Waals surface area contributed by atoms with Gasteiger partial charge in [0.25, 0.3) is 11.5 Å². The molecule has 26 heavy (non-hydrogen) atoms. The van der Waals surface area contributed by atoms with Crippen molar-refractivity contribution in [2.24, 2.45) is 0 Å². The number of benzene rings is 2. The number of nitrogens with one attached hydrogen (secondary N) is 3. The summed E-state index contributed by atoms with van der Waals surface area (Å²) in [6.07, 6.45) is 0. The number of aryl methyl sites for hydroxylation is 1. The minimum Gasteiger partial charge on any atom is -0.350 e. The van der Waals surface area contributed by atoms with Crippen LogP contribution in [0.1, 0.15) is 21.5 Å². The van der Waals surface area contributed by atoms with Crippen molar-refractivity contribution in [3.63, 3.8) is 0 Å². The van der Waals surface area contributed by atoms with Gasteiger partial charge in [0, 0.05) is 23.2 Å². The maximum Gasteiger partial charge on any atom is 0.251 e. The van der Waals surface area contributed by atoms with Crippen LogP contribution >= 0.6 is 0 Å². The Hall–Kier alpha value is -3.41. The van der Waals surface area contributed by atoms with Crippen molar-refractivity contribution in [3.05, 3.63) is 81.6 Å². The average molecular weight is 349 g/mol. The highest BCUT2D eigenvalue weighted by molar-refractivity contribution is 5.96. The van der Waals surface area contributed by atoms with E-state index in [9.17, 15) is 14.4 Å². The molecule has 0 bridgehead atoms. The number of carbonyl (C=O) groups excluding carboxylic acids is 2. The van der Waals surface area contributed by atoms with E-state index in [1.165, 1.54) is 0 Å². The van der Waals surface area contributed by atoms with Gasteiger partial charge in [-0.1, -0.05) is 24.3 Å². The van der Waals surface area contributed by atoms with Crippen molar-refractivity contribution < 1.29 is 9.59 Å². The van der Waals surface area contributed by atoms with Crippen LogP contribution in [0.4, 0.5) is 0 Å². The summed E-state index contributed by atoms with van der Waals surface area (Å²) < 4.78 is 0. The summed E-state index contributed by atoms with van der Waals surface area (Å²) in [6, 6.07) is 16.1. The number of carbonyl (C=O) groups is 2. The smallest absolute Gasteiger partial charge is 0.251 e. The first-order chi connectivity index (χ1) is 12.5. The van der Waals surface area contributed by atoms with Crippen molar-refractivity contribution in [2.45, 2.75) is 13.5 Å². The second-order valence-corrected chi connectivity index (χ2v) is 6.03. The molecule has 0 fully saturated rings. The number of pyridine rings is 1. The third kappa shape index (κ3) is 4.16. The fraction of sp³-hybridized carbons (Fsp3) is 0.150. The van der Waals surface area contributed by atoms with Gasteiger partial charge in [-0.2, -0.15) is 0 Å². The van der Waals surface area contributed by atoms with Crippen LogP contribution in [0.5, 0.6) is 0 Å². The van der Waals surface area contributed by atoms with Gasteiger partial charge < -0.3 is 15.6 Å².